The first-order valence-electron chi connectivity index (χ1n) is 7.54. The van der Waals surface area contributed by atoms with Crippen LogP contribution in [0.1, 0.15) is 34.9 Å². The van der Waals surface area contributed by atoms with E-state index in [1.54, 1.807) is 7.11 Å². The number of aromatic nitrogens is 1. The van der Waals surface area contributed by atoms with Gasteiger partial charge >= 0.3 is 0 Å². The molecule has 1 N–H and O–H groups in total. The maximum absolute atomic E-state index is 5.08. The van der Waals surface area contributed by atoms with Crippen molar-refractivity contribution in [2.24, 2.45) is 0 Å². The van der Waals surface area contributed by atoms with Gasteiger partial charge in [0.1, 0.15) is 5.01 Å². The highest BCUT2D eigenvalue weighted by molar-refractivity contribution is 7.15. The first kappa shape index (κ1) is 14.7. The zero-order valence-corrected chi connectivity index (χ0v) is 13.5. The summed E-state index contributed by atoms with van der Waals surface area (Å²) in [5, 5.41) is 4.60. The van der Waals surface area contributed by atoms with E-state index >= 15 is 0 Å². The summed E-state index contributed by atoms with van der Waals surface area (Å²) in [6.45, 7) is 4.67. The molecule has 0 spiro atoms. The lowest BCUT2D eigenvalue weighted by molar-refractivity contribution is 0.199. The molecule has 0 bridgehead atoms. The second-order valence-electron chi connectivity index (χ2n) is 5.64. The van der Waals surface area contributed by atoms with Crippen LogP contribution in [0.25, 0.3) is 10.6 Å². The summed E-state index contributed by atoms with van der Waals surface area (Å²) >= 11 is 1.83. The van der Waals surface area contributed by atoms with Crippen molar-refractivity contribution in [3.05, 3.63) is 40.4 Å². The number of rotatable bonds is 7. The highest BCUT2D eigenvalue weighted by Gasteiger charge is 2.29. The predicted molar refractivity (Wildman–Crippen MR) is 87.8 cm³/mol. The molecule has 0 unspecified atom stereocenters. The second-order valence-corrected chi connectivity index (χ2v) is 6.72. The van der Waals surface area contributed by atoms with E-state index in [1.165, 1.54) is 34.5 Å². The van der Waals surface area contributed by atoms with Gasteiger partial charge in [-0.15, -0.1) is 11.3 Å². The number of hydrogen-bond acceptors (Lipinski definition) is 4. The van der Waals surface area contributed by atoms with E-state index in [0.29, 0.717) is 5.92 Å². The Bertz CT molecular complexity index is 605. The molecule has 3 rings (SSSR count). The zero-order chi connectivity index (χ0) is 14.7. The van der Waals surface area contributed by atoms with Crippen molar-refractivity contribution in [1.82, 2.24) is 10.3 Å². The standard InChI is InChI=1S/C17H22N2OS/c1-12-4-3-5-14(10-12)17-19-16(13-6-7-13)15(21-17)11-18-8-9-20-2/h3-5,10,13,18H,6-9,11H2,1-2H3. The highest BCUT2D eigenvalue weighted by atomic mass is 32.1. The smallest absolute Gasteiger partial charge is 0.123 e. The van der Waals surface area contributed by atoms with Crippen LogP contribution in [-0.2, 0) is 11.3 Å². The van der Waals surface area contributed by atoms with Crippen LogP contribution in [0.2, 0.25) is 0 Å². The summed E-state index contributed by atoms with van der Waals surface area (Å²) in [5.74, 6) is 0.694. The fraction of sp³-hybridized carbons (Fsp3) is 0.471. The molecule has 3 nitrogen and oxygen atoms in total. The summed E-state index contributed by atoms with van der Waals surface area (Å²) in [6, 6.07) is 8.62. The van der Waals surface area contributed by atoms with Crippen molar-refractivity contribution < 1.29 is 4.74 Å². The molecule has 1 saturated carbocycles. The molecule has 2 aromatic rings. The first-order chi connectivity index (χ1) is 10.3. The van der Waals surface area contributed by atoms with Crippen molar-refractivity contribution in [1.29, 1.82) is 0 Å². The fourth-order valence-corrected chi connectivity index (χ4v) is 3.56. The predicted octanol–water partition coefficient (Wildman–Crippen LogP) is 3.73. The van der Waals surface area contributed by atoms with Gasteiger partial charge in [-0.1, -0.05) is 23.8 Å². The van der Waals surface area contributed by atoms with Gasteiger partial charge in [0, 0.05) is 36.6 Å². The summed E-state index contributed by atoms with van der Waals surface area (Å²) in [7, 11) is 1.74. The highest BCUT2D eigenvalue weighted by Crippen LogP contribution is 2.44. The average Bonchev–Trinajstić information content (AvgIpc) is 3.24. The normalized spacial score (nSPS) is 14.6. The molecular weight excluding hydrogens is 280 g/mol. The molecule has 1 aromatic heterocycles. The maximum atomic E-state index is 5.08. The number of thiazole rings is 1. The van der Waals surface area contributed by atoms with Crippen LogP contribution in [0.3, 0.4) is 0 Å². The maximum Gasteiger partial charge on any atom is 0.123 e. The number of nitrogens with one attached hydrogen (secondary N) is 1. The Balaban J connectivity index is 1.79. The van der Waals surface area contributed by atoms with Crippen LogP contribution in [-0.4, -0.2) is 25.2 Å². The van der Waals surface area contributed by atoms with Gasteiger partial charge in [-0.25, -0.2) is 4.98 Å². The van der Waals surface area contributed by atoms with Crippen molar-refractivity contribution in [3.8, 4) is 10.6 Å². The SMILES string of the molecule is COCCNCc1sc(-c2cccc(C)c2)nc1C1CC1. The second kappa shape index (κ2) is 6.69. The van der Waals surface area contributed by atoms with Crippen LogP contribution >= 0.6 is 11.3 Å². The van der Waals surface area contributed by atoms with Gasteiger partial charge in [-0.2, -0.15) is 0 Å². The number of aryl methyl sites for hydroxylation is 1. The molecule has 1 fully saturated rings. The van der Waals surface area contributed by atoms with E-state index < -0.39 is 0 Å². The minimum atomic E-state index is 0.694. The van der Waals surface area contributed by atoms with E-state index in [9.17, 15) is 0 Å². The van der Waals surface area contributed by atoms with Gasteiger partial charge in [-0.05, 0) is 25.8 Å². The molecule has 1 aliphatic carbocycles. The van der Waals surface area contributed by atoms with Crippen molar-refractivity contribution >= 4 is 11.3 Å². The Hall–Kier alpha value is -1.23. The molecule has 1 aliphatic rings. The van der Waals surface area contributed by atoms with Gasteiger partial charge in [0.25, 0.3) is 0 Å². The Morgan fingerprint density at radius 3 is 2.95 bits per heavy atom. The summed E-state index contributed by atoms with van der Waals surface area (Å²) < 4.78 is 5.08. The lowest BCUT2D eigenvalue weighted by Gasteiger charge is -2.03. The van der Waals surface area contributed by atoms with Crippen molar-refractivity contribution in [3.63, 3.8) is 0 Å². The number of hydrogen-bond donors (Lipinski definition) is 1. The molecular formula is C17H22N2OS. The number of benzene rings is 1. The van der Waals surface area contributed by atoms with Gasteiger partial charge in [-0.3, -0.25) is 0 Å². The van der Waals surface area contributed by atoms with Crippen LogP contribution in [0.4, 0.5) is 0 Å². The van der Waals surface area contributed by atoms with Crippen LogP contribution in [0.15, 0.2) is 24.3 Å². The lowest BCUT2D eigenvalue weighted by atomic mass is 10.1. The molecule has 0 radical (unpaired) electrons. The van der Waals surface area contributed by atoms with Crippen molar-refractivity contribution in [2.75, 3.05) is 20.3 Å². The third-order valence-electron chi connectivity index (χ3n) is 3.73. The Kier molecular flexibility index (Phi) is 4.68. The lowest BCUT2D eigenvalue weighted by Crippen LogP contribution is -2.18. The largest absolute Gasteiger partial charge is 0.383 e. The number of nitrogens with zero attached hydrogens (tertiary/aromatic N) is 1. The quantitative estimate of drug-likeness (QED) is 0.791. The minimum Gasteiger partial charge on any atom is -0.383 e. The van der Waals surface area contributed by atoms with E-state index in [2.05, 4.69) is 36.5 Å². The number of methoxy groups -OCH3 is 1. The van der Waals surface area contributed by atoms with Gasteiger partial charge in [0.2, 0.25) is 0 Å². The summed E-state index contributed by atoms with van der Waals surface area (Å²) in [4.78, 5) is 6.32. The molecule has 0 amide bonds. The molecule has 4 heteroatoms. The average molecular weight is 302 g/mol. The van der Waals surface area contributed by atoms with Gasteiger partial charge < -0.3 is 10.1 Å². The topological polar surface area (TPSA) is 34.1 Å². The molecule has 1 heterocycles. The third-order valence-corrected chi connectivity index (χ3v) is 4.85. The van der Waals surface area contributed by atoms with E-state index in [1.807, 2.05) is 11.3 Å². The molecule has 0 saturated heterocycles. The van der Waals surface area contributed by atoms with E-state index in [-0.39, 0.29) is 0 Å². The Morgan fingerprint density at radius 2 is 2.24 bits per heavy atom. The molecule has 1 aromatic carbocycles. The Morgan fingerprint density at radius 1 is 1.38 bits per heavy atom. The first-order valence-corrected chi connectivity index (χ1v) is 8.36. The summed E-state index contributed by atoms with van der Waals surface area (Å²) in [6.07, 6.45) is 2.59. The van der Waals surface area contributed by atoms with Crippen LogP contribution < -0.4 is 5.32 Å². The zero-order valence-electron chi connectivity index (χ0n) is 12.7. The molecule has 21 heavy (non-hydrogen) atoms. The Labute approximate surface area is 130 Å². The van der Waals surface area contributed by atoms with E-state index in [4.69, 9.17) is 9.72 Å². The minimum absolute atomic E-state index is 0.694. The van der Waals surface area contributed by atoms with Crippen molar-refractivity contribution in [2.45, 2.75) is 32.2 Å². The molecule has 0 atom stereocenters. The fourth-order valence-electron chi connectivity index (χ4n) is 2.44. The van der Waals surface area contributed by atoms with Gasteiger partial charge in [0.15, 0.2) is 0 Å². The third kappa shape index (κ3) is 3.70. The number of ether oxygens (including phenoxy) is 1. The van der Waals surface area contributed by atoms with E-state index in [0.717, 1.165) is 24.7 Å². The summed E-state index contributed by atoms with van der Waals surface area (Å²) in [5.41, 5.74) is 3.85. The van der Waals surface area contributed by atoms with Crippen LogP contribution in [0, 0.1) is 6.92 Å². The molecule has 0 aliphatic heterocycles. The van der Waals surface area contributed by atoms with Gasteiger partial charge in [0.05, 0.1) is 12.3 Å². The molecule has 112 valence electrons. The monoisotopic (exact) mass is 302 g/mol. The van der Waals surface area contributed by atoms with Crippen LogP contribution in [0.5, 0.6) is 0 Å².